The van der Waals surface area contributed by atoms with Gasteiger partial charge in [0.05, 0.1) is 0 Å². The van der Waals surface area contributed by atoms with E-state index >= 15 is 0 Å². The van der Waals surface area contributed by atoms with Gasteiger partial charge in [-0.15, -0.1) is 0 Å². The highest BCUT2D eigenvalue weighted by Crippen LogP contribution is 2.31. The summed E-state index contributed by atoms with van der Waals surface area (Å²) in [6.45, 7) is 2.36. The lowest BCUT2D eigenvalue weighted by Crippen LogP contribution is -2.50. The van der Waals surface area contributed by atoms with Gasteiger partial charge in [-0.2, -0.15) is 5.10 Å². The van der Waals surface area contributed by atoms with Crippen LogP contribution in [0.3, 0.4) is 0 Å². The van der Waals surface area contributed by atoms with Gasteiger partial charge in [-0.3, -0.25) is 25.3 Å². The molecule has 2 aliphatic heterocycles. The van der Waals surface area contributed by atoms with Crippen molar-refractivity contribution in [1.82, 2.24) is 30.5 Å². The van der Waals surface area contributed by atoms with Gasteiger partial charge in [-0.25, -0.2) is 0 Å². The van der Waals surface area contributed by atoms with E-state index < -0.39 is 0 Å². The Hall–Kier alpha value is -2.25. The van der Waals surface area contributed by atoms with Gasteiger partial charge in [-0.05, 0) is 36.6 Å². The number of hydrazine groups is 1. The third-order valence-electron chi connectivity index (χ3n) is 5.31. The lowest BCUT2D eigenvalue weighted by molar-refractivity contribution is -0.132. The fourth-order valence-corrected chi connectivity index (χ4v) is 4.08. The molecule has 2 aromatic heterocycles. The number of pyridine rings is 1. The van der Waals surface area contributed by atoms with Crippen LogP contribution < -0.4 is 10.9 Å². The van der Waals surface area contributed by atoms with Crippen LogP contribution >= 0.6 is 0 Å². The maximum absolute atomic E-state index is 12.8. The van der Waals surface area contributed by atoms with Crippen molar-refractivity contribution in [2.24, 2.45) is 0 Å². The van der Waals surface area contributed by atoms with E-state index in [9.17, 15) is 4.79 Å². The summed E-state index contributed by atoms with van der Waals surface area (Å²) in [5.74, 6) is 0.577. The minimum absolute atomic E-state index is 0.222. The Labute approximate surface area is 147 Å². The van der Waals surface area contributed by atoms with Crippen LogP contribution in [0.15, 0.2) is 43.0 Å². The molecule has 7 nitrogen and oxygen atoms in total. The summed E-state index contributed by atoms with van der Waals surface area (Å²) < 4.78 is 1.82. The highest BCUT2D eigenvalue weighted by atomic mass is 16.2. The van der Waals surface area contributed by atoms with Crippen molar-refractivity contribution in [3.63, 3.8) is 0 Å². The Balaban J connectivity index is 1.44. The predicted octanol–water partition coefficient (Wildman–Crippen LogP) is 0.919. The first kappa shape index (κ1) is 16.2. The van der Waals surface area contributed by atoms with Gasteiger partial charge < -0.3 is 4.90 Å². The molecule has 1 amide bonds. The molecule has 2 aromatic rings. The number of carbonyl (C=O) groups is 1. The van der Waals surface area contributed by atoms with Gasteiger partial charge in [0.1, 0.15) is 0 Å². The fraction of sp³-hybridized carbons (Fsp3) is 0.500. The zero-order chi connectivity index (χ0) is 17.1. The van der Waals surface area contributed by atoms with Crippen molar-refractivity contribution >= 4 is 5.91 Å². The van der Waals surface area contributed by atoms with Gasteiger partial charge in [0, 0.05) is 68.8 Å². The van der Waals surface area contributed by atoms with Gasteiger partial charge in [0.25, 0.3) is 0 Å². The fourth-order valence-electron chi connectivity index (χ4n) is 4.08. The third kappa shape index (κ3) is 3.43. The van der Waals surface area contributed by atoms with Crippen LogP contribution in [-0.2, 0) is 11.3 Å². The molecule has 4 heterocycles. The monoisotopic (exact) mass is 340 g/mol. The highest BCUT2D eigenvalue weighted by molar-refractivity contribution is 5.77. The molecule has 0 bridgehead atoms. The molecule has 25 heavy (non-hydrogen) atoms. The molecule has 3 unspecified atom stereocenters. The lowest BCUT2D eigenvalue weighted by atomic mass is 9.88. The highest BCUT2D eigenvalue weighted by Gasteiger charge is 2.41. The molecule has 0 spiro atoms. The Kier molecular flexibility index (Phi) is 4.76. The zero-order valence-corrected chi connectivity index (χ0v) is 14.2. The van der Waals surface area contributed by atoms with E-state index in [-0.39, 0.29) is 18.0 Å². The topological polar surface area (TPSA) is 75.1 Å². The zero-order valence-electron chi connectivity index (χ0n) is 14.2. The van der Waals surface area contributed by atoms with Crippen molar-refractivity contribution in [3.8, 4) is 0 Å². The molecule has 3 atom stereocenters. The first-order valence-corrected chi connectivity index (χ1v) is 8.98. The van der Waals surface area contributed by atoms with Gasteiger partial charge >= 0.3 is 0 Å². The van der Waals surface area contributed by atoms with Crippen molar-refractivity contribution in [2.45, 2.75) is 43.8 Å². The number of hydrogen-bond acceptors (Lipinski definition) is 5. The number of nitrogens with one attached hydrogen (secondary N) is 2. The summed E-state index contributed by atoms with van der Waals surface area (Å²) in [4.78, 5) is 19.0. The third-order valence-corrected chi connectivity index (χ3v) is 5.31. The normalized spacial score (nSPS) is 26.2. The minimum atomic E-state index is 0.222. The van der Waals surface area contributed by atoms with Crippen LogP contribution in [0.2, 0.25) is 0 Å². The van der Waals surface area contributed by atoms with Gasteiger partial charge in [-0.1, -0.05) is 0 Å². The summed E-state index contributed by atoms with van der Waals surface area (Å²) in [7, 11) is 0. The van der Waals surface area contributed by atoms with Crippen LogP contribution in [-0.4, -0.2) is 50.7 Å². The predicted molar refractivity (Wildman–Crippen MR) is 93.5 cm³/mol. The maximum Gasteiger partial charge on any atom is 0.224 e. The molecule has 2 saturated heterocycles. The molecule has 7 heteroatoms. The van der Waals surface area contributed by atoms with Crippen LogP contribution in [0.25, 0.3) is 0 Å². The van der Waals surface area contributed by atoms with Crippen LogP contribution in [0.4, 0.5) is 0 Å². The second-order valence-corrected chi connectivity index (χ2v) is 6.75. The molecule has 132 valence electrons. The molecular weight excluding hydrogens is 316 g/mol. The van der Waals surface area contributed by atoms with Crippen LogP contribution in [0.5, 0.6) is 0 Å². The molecule has 0 radical (unpaired) electrons. The maximum atomic E-state index is 12.8. The molecule has 4 rings (SSSR count). The summed E-state index contributed by atoms with van der Waals surface area (Å²) in [5, 5.41) is 4.18. The summed E-state index contributed by atoms with van der Waals surface area (Å²) in [6, 6.07) is 6.50. The summed E-state index contributed by atoms with van der Waals surface area (Å²) in [5.41, 5.74) is 7.98. The molecule has 0 aromatic carbocycles. The Morgan fingerprint density at radius 3 is 2.96 bits per heavy atom. The van der Waals surface area contributed by atoms with E-state index in [2.05, 4.69) is 38.0 Å². The lowest BCUT2D eigenvalue weighted by Gasteiger charge is -2.32. The number of amides is 1. The van der Waals surface area contributed by atoms with E-state index in [0.29, 0.717) is 18.9 Å². The smallest absolute Gasteiger partial charge is 0.224 e. The summed E-state index contributed by atoms with van der Waals surface area (Å²) >= 11 is 0. The van der Waals surface area contributed by atoms with Crippen LogP contribution in [0.1, 0.15) is 30.7 Å². The van der Waals surface area contributed by atoms with Gasteiger partial charge in [0.15, 0.2) is 0 Å². The average molecular weight is 340 g/mol. The Morgan fingerprint density at radius 1 is 1.28 bits per heavy atom. The largest absolute Gasteiger partial charge is 0.338 e. The quantitative estimate of drug-likeness (QED) is 0.847. The first-order chi connectivity index (χ1) is 12.3. The Morgan fingerprint density at radius 2 is 2.16 bits per heavy atom. The number of aryl methyl sites for hydroxylation is 1. The first-order valence-electron chi connectivity index (χ1n) is 8.98. The van der Waals surface area contributed by atoms with E-state index in [4.69, 9.17) is 0 Å². The second kappa shape index (κ2) is 7.33. The van der Waals surface area contributed by atoms with E-state index in [1.54, 1.807) is 6.20 Å². The number of likely N-dealkylation sites (tertiary alicyclic amines) is 1. The van der Waals surface area contributed by atoms with Crippen LogP contribution in [0, 0.1) is 0 Å². The molecule has 0 saturated carbocycles. The standard InChI is InChI=1S/C18H24N6O/c25-17(6-12-23-10-2-7-21-23)24-11-1-3-16(24)18-15(13-20-22-18)14-4-8-19-9-5-14/h2,4-5,7-10,15-16,18,20,22H,1,3,6,11-13H2. The summed E-state index contributed by atoms with van der Waals surface area (Å²) in [6.07, 6.45) is 9.94. The van der Waals surface area contributed by atoms with Crippen molar-refractivity contribution in [2.75, 3.05) is 13.1 Å². The number of aromatic nitrogens is 3. The van der Waals surface area contributed by atoms with E-state index in [1.165, 1.54) is 5.56 Å². The second-order valence-electron chi connectivity index (χ2n) is 6.75. The van der Waals surface area contributed by atoms with Gasteiger partial charge in [0.2, 0.25) is 5.91 Å². The Bertz CT molecular complexity index is 689. The SMILES string of the molecule is O=C(CCn1cccn1)N1CCCC1C1NNCC1c1ccncc1. The molecule has 2 N–H and O–H groups in total. The number of hydrogen-bond donors (Lipinski definition) is 2. The molecule has 0 aliphatic carbocycles. The number of rotatable bonds is 5. The molecular formula is C18H24N6O. The molecule has 2 fully saturated rings. The van der Waals surface area contributed by atoms with E-state index in [0.717, 1.165) is 25.9 Å². The number of nitrogens with zero attached hydrogens (tertiary/aromatic N) is 4. The number of carbonyl (C=O) groups excluding carboxylic acids is 1. The molecule has 2 aliphatic rings. The van der Waals surface area contributed by atoms with E-state index in [1.807, 2.05) is 29.3 Å². The van der Waals surface area contributed by atoms with Crippen molar-refractivity contribution in [3.05, 3.63) is 48.5 Å². The average Bonchev–Trinajstić information content (AvgIpc) is 3.41. The van der Waals surface area contributed by atoms with Crippen molar-refractivity contribution in [1.29, 1.82) is 0 Å². The van der Waals surface area contributed by atoms with Crippen molar-refractivity contribution < 1.29 is 4.79 Å². The minimum Gasteiger partial charge on any atom is -0.338 e.